The van der Waals surface area contributed by atoms with Crippen molar-refractivity contribution in [1.82, 2.24) is 53.6 Å². The van der Waals surface area contributed by atoms with E-state index in [4.69, 9.17) is 66.8 Å². The maximum atomic E-state index is 13.2. The molecule has 11 aromatic rings. The molecule has 0 spiro atoms. The average Bonchev–Trinajstić information content (AvgIpc) is 1.14. The Hall–Kier alpha value is -12.4. The van der Waals surface area contributed by atoms with E-state index in [0.717, 1.165) is 121 Å². The number of nitrogens with two attached hydrogens (primary N) is 3. The van der Waals surface area contributed by atoms with Crippen LogP contribution in [0.15, 0.2) is 216 Å². The number of rotatable bonds is 20. The number of nitrogens with one attached hydrogen (secondary N) is 3. The number of amides is 2. The van der Waals surface area contributed by atoms with Crippen molar-refractivity contribution in [2.75, 3.05) is 176 Å². The number of nitrogens with zero attached hydrogens (tertiary/aromatic N) is 12. The third-order valence-electron chi connectivity index (χ3n) is 26.6. The van der Waals surface area contributed by atoms with Crippen molar-refractivity contribution in [3.05, 3.63) is 291 Å². The number of methoxy groups -OCH3 is 5. The van der Waals surface area contributed by atoms with Gasteiger partial charge in [0.2, 0.25) is 22.9 Å². The van der Waals surface area contributed by atoms with Crippen LogP contribution in [0.1, 0.15) is 176 Å². The van der Waals surface area contributed by atoms with E-state index in [1.54, 1.807) is 109 Å². The first kappa shape index (κ1) is 125. The number of piperidine rings is 4. The van der Waals surface area contributed by atoms with Crippen LogP contribution in [0.25, 0.3) is 33.4 Å². The molecule has 150 heavy (non-hydrogen) atoms. The predicted molar refractivity (Wildman–Crippen MR) is 609 cm³/mol. The molecule has 4 aromatic heterocycles. The van der Waals surface area contributed by atoms with E-state index in [2.05, 4.69) is 207 Å². The molecule has 5 saturated heterocycles. The van der Waals surface area contributed by atoms with Gasteiger partial charge in [0.05, 0.1) is 96.6 Å². The number of halogens is 1. The minimum Gasteiger partial charge on any atom is -0.495 e. The quantitative estimate of drug-likeness (QED) is 0.00785. The van der Waals surface area contributed by atoms with Gasteiger partial charge >= 0.3 is 29.3 Å². The van der Waals surface area contributed by atoms with Crippen LogP contribution in [0.4, 0.5) is 45.8 Å². The van der Waals surface area contributed by atoms with Crippen LogP contribution in [0, 0.1) is 44.7 Å². The standard InChI is InChI=1S/C30H32N6O3.C18H16N4O3S.3C13H20N2O.C12H22BNO2.C7H6ClNO3.2C3H7.C2H5.Ni/c1-5-27(37)32-22-7-6-8-23(17-22)36-28(38)15-19(2)24-18-31-30(34-29(24)36)33-25-10-9-21(16-26(25)39-4)20-11-13-35(3)14-12-20;1-4-15(23)20-12-6-5-7-13(9-12)22-16(24)8-11(2)14-10-19-18(26(3)25)21-17(14)22;3*1-15-7-5-10(6-8-15)11-3-4-12(14)13(9-11)16-2;1-11(2)12(3,4)16-13(15-11)10-6-8-14(5)9-7-10;1-12-7-4-5(8)2-3-6(7)9(10)11;2*1-3-2;1-2;/h5-10,15-18,20H,1,11-14H2,2-4H3,(H,32,37)(H,31,33,34);4-10H,1H2,2-3H3,(H,20,23);3*3-4,9-10H,5-8,14H2,1-2H3;6H,7-9H2,1-5H3;2-4H,1H3;2*1,3H2,2H3;1H2,2H3;/q;;;;;;;3*-1;+3. The Morgan fingerprint density at radius 3 is 1.24 bits per heavy atom. The van der Waals surface area contributed by atoms with Gasteiger partial charge in [-0.1, -0.05) is 81.1 Å². The SMILES string of the molecule is C=CC(=O)Nc1cccc(-n2c(=O)cc(C)c3cnc(Nc4ccc(C5CCN(C)CC5)cc4OC)nc32)c1.C=CC(=O)Nc1cccc(-n2c(=O)cc(C)c3cnc(S(C)=O)nc32)c1.CN1CC=C(B2OC(C)(C)C(C)(C)O2)CC1.COc1cc(C2CCN(C)CC2)ccc1N.COc1cc(C2CCN(C)CC2)ccc1N.COc1cc(C2CCN(C)CC2)ccc1N.COc1cc(Cl)ccc1[N+](=O)[O-].[CH2-]C.[CH2-]CC.[CH2-]CC.[Ni+3]. The molecule has 1 unspecified atom stereocenters. The van der Waals surface area contributed by atoms with Gasteiger partial charge in [-0.25, -0.2) is 15.0 Å². The second kappa shape index (κ2) is 61.2. The summed E-state index contributed by atoms with van der Waals surface area (Å²) in [6.07, 6.45) is 22.0. The van der Waals surface area contributed by atoms with Crippen LogP contribution in [-0.2, 0) is 46.2 Å². The first-order chi connectivity index (χ1) is 71.2. The zero-order valence-corrected chi connectivity index (χ0v) is 93.6. The fourth-order valence-corrected chi connectivity index (χ4v) is 17.9. The topological polar surface area (TPSA) is 385 Å². The summed E-state index contributed by atoms with van der Waals surface area (Å²) in [5.74, 6) is 5.42. The summed E-state index contributed by atoms with van der Waals surface area (Å²) in [5, 5.41) is 21.0. The van der Waals surface area contributed by atoms with Crippen LogP contribution in [0.3, 0.4) is 0 Å². The third kappa shape index (κ3) is 35.9. The Labute approximate surface area is 904 Å². The fourth-order valence-electron chi connectivity index (χ4n) is 17.3. The number of likely N-dealkylation sites (N-methyl/N-ethyl adjacent to an activating group) is 1. The van der Waals surface area contributed by atoms with Crippen LogP contribution < -0.4 is 68.0 Å². The van der Waals surface area contributed by atoms with Crippen LogP contribution >= 0.6 is 11.6 Å². The first-order valence-electron chi connectivity index (χ1n) is 50.4. The van der Waals surface area contributed by atoms with Gasteiger partial charge in [-0.05, 0) is 353 Å². The zero-order valence-electron chi connectivity index (χ0n) is 91.0. The Kier molecular flexibility index (Phi) is 50.8. The number of benzene rings is 7. The molecule has 36 heteroatoms. The number of hydrogen-bond donors (Lipinski definition) is 6. The summed E-state index contributed by atoms with van der Waals surface area (Å²) < 4.78 is 53.0. The van der Waals surface area contributed by atoms with Gasteiger partial charge < -0.3 is 111 Å². The van der Waals surface area contributed by atoms with Gasteiger partial charge in [0.25, 0.3) is 11.1 Å². The van der Waals surface area contributed by atoms with Gasteiger partial charge in [-0.15, -0.1) is 0 Å². The Bertz CT molecular complexity index is 6250. The molecule has 1 radical (unpaired) electrons. The maximum absolute atomic E-state index is 13.2. The summed E-state index contributed by atoms with van der Waals surface area (Å²) in [6.45, 7) is 46.3. The molecule has 2 amide bonds. The zero-order chi connectivity index (χ0) is 110. The van der Waals surface area contributed by atoms with E-state index in [9.17, 15) is 33.5 Å². The molecule has 0 saturated carbocycles. The van der Waals surface area contributed by atoms with Gasteiger partial charge in [-0.2, -0.15) is 24.7 Å². The normalized spacial score (nSPS) is 15.9. The van der Waals surface area contributed by atoms with Crippen molar-refractivity contribution in [3.8, 4) is 40.1 Å². The minimum atomic E-state index is -1.38. The Balaban J connectivity index is 0.000000242. The molecule has 811 valence electrons. The molecule has 0 bridgehead atoms. The number of nitrogen functional groups attached to an aromatic ring is 3. The molecular formula is C114H155BClN18NiO14S. The maximum Gasteiger partial charge on any atom is 3.00 e. The second-order valence-corrected chi connectivity index (χ2v) is 39.8. The molecule has 17 rings (SSSR count). The molecule has 10 heterocycles. The Morgan fingerprint density at radius 1 is 0.533 bits per heavy atom. The number of ether oxygens (including phenoxy) is 5. The largest absolute Gasteiger partial charge is 3.00 e. The van der Waals surface area contributed by atoms with E-state index in [1.807, 2.05) is 45.0 Å². The summed E-state index contributed by atoms with van der Waals surface area (Å²) in [7, 11) is 17.3. The molecule has 9 N–H and O–H groups in total. The van der Waals surface area contributed by atoms with E-state index < -0.39 is 15.7 Å². The predicted octanol–water partition coefficient (Wildman–Crippen LogP) is 20.4. The van der Waals surface area contributed by atoms with E-state index in [1.165, 1.54) is 158 Å². The van der Waals surface area contributed by atoms with E-state index in [-0.39, 0.29) is 74.3 Å². The number of nitro benzene ring substituents is 1. The number of pyridine rings is 2. The molecule has 1 atom stereocenters. The average molecular weight is 2140 g/mol. The van der Waals surface area contributed by atoms with Crippen molar-refractivity contribution >= 4 is 109 Å². The first-order valence-corrected chi connectivity index (χ1v) is 52.3. The van der Waals surface area contributed by atoms with Crippen LogP contribution in [-0.4, -0.2) is 235 Å². The van der Waals surface area contributed by atoms with Gasteiger partial charge in [0.15, 0.2) is 17.0 Å². The van der Waals surface area contributed by atoms with E-state index >= 15 is 0 Å². The summed E-state index contributed by atoms with van der Waals surface area (Å²) >= 11 is 5.60. The number of carbonyl (C=O) groups excluding carboxylic acids is 2. The molecule has 0 aliphatic carbocycles. The molecule has 5 fully saturated rings. The smallest absolute Gasteiger partial charge is 0.495 e. The molecule has 6 aliphatic heterocycles. The van der Waals surface area contributed by atoms with E-state index in [0.29, 0.717) is 79.8 Å². The molecular weight excluding hydrogens is 1980 g/mol. The van der Waals surface area contributed by atoms with Gasteiger partial charge in [0, 0.05) is 83.2 Å². The molecule has 7 aromatic carbocycles. The number of fused-ring (bicyclic) bond motifs is 2. The molecule has 32 nitrogen and oxygen atoms in total. The van der Waals surface area contributed by atoms with Crippen molar-refractivity contribution < 1.29 is 68.2 Å². The Morgan fingerprint density at radius 2 is 0.893 bits per heavy atom. The summed E-state index contributed by atoms with van der Waals surface area (Å²) in [4.78, 5) is 88.5. The number of carbonyl (C=O) groups is 2. The minimum absolute atomic E-state index is 0. The van der Waals surface area contributed by atoms with Gasteiger partial charge in [0.1, 0.15) is 23.0 Å². The summed E-state index contributed by atoms with van der Waals surface area (Å²) in [5.41, 5.74) is 30.4. The van der Waals surface area contributed by atoms with Crippen molar-refractivity contribution in [3.63, 3.8) is 0 Å². The summed E-state index contributed by atoms with van der Waals surface area (Å²) in [6, 6.07) is 45.7. The van der Waals surface area contributed by atoms with Crippen molar-refractivity contribution in [2.24, 2.45) is 0 Å². The number of nitro groups is 1. The van der Waals surface area contributed by atoms with Crippen molar-refractivity contribution in [2.45, 2.75) is 173 Å². The second-order valence-electron chi connectivity index (χ2n) is 38.1. The van der Waals surface area contributed by atoms with Crippen LogP contribution in [0.5, 0.6) is 28.7 Å². The van der Waals surface area contributed by atoms with Crippen LogP contribution in [0.2, 0.25) is 5.02 Å². The number of aromatic nitrogens is 6. The molecule has 6 aliphatic rings. The van der Waals surface area contributed by atoms with Crippen molar-refractivity contribution in [1.29, 1.82) is 0 Å². The number of anilines is 7. The fraction of sp³-hybridized carbons (Fsp3) is 0.412. The third-order valence-corrected chi connectivity index (χ3v) is 27.6. The number of aryl methyl sites for hydroxylation is 2. The number of hydrogen-bond acceptors (Lipinski definition) is 27. The number of likely N-dealkylation sites (tertiary alicyclic amines) is 4. The monoisotopic (exact) mass is 2140 g/mol. The van der Waals surface area contributed by atoms with Gasteiger partial charge in [-0.3, -0.25) is 42.6 Å².